The quantitative estimate of drug-likeness (QED) is 0.579. The van der Waals surface area contributed by atoms with E-state index in [4.69, 9.17) is 18.9 Å². The Bertz CT molecular complexity index is 1080. The average Bonchev–Trinajstić information content (AvgIpc) is 3.40. The summed E-state index contributed by atoms with van der Waals surface area (Å²) < 4.78 is 22.7. The molecule has 0 bridgehead atoms. The standard InChI is InChI=1S/C22H20N2O6/c1-27-15-8-9-18(28-2)16(12-15)20-17(21(25)30-19-10-11-29-22(19)26)13-24(23-20)14-6-4-3-5-7-14/h3-9,12-13,19H,10-11H2,1-2H3/t19-/m0/s1. The summed E-state index contributed by atoms with van der Waals surface area (Å²) in [6.45, 7) is 0.233. The highest BCUT2D eigenvalue weighted by atomic mass is 16.6. The molecule has 1 aromatic heterocycles. The summed E-state index contributed by atoms with van der Waals surface area (Å²) in [5.74, 6) is -0.109. The number of rotatable bonds is 6. The zero-order valence-corrected chi connectivity index (χ0v) is 16.5. The van der Waals surface area contributed by atoms with Crippen LogP contribution in [0.15, 0.2) is 54.7 Å². The van der Waals surface area contributed by atoms with Gasteiger partial charge in [0.15, 0.2) is 0 Å². The summed E-state index contributed by atoms with van der Waals surface area (Å²) in [6.07, 6.45) is 0.985. The minimum absolute atomic E-state index is 0.199. The maximum absolute atomic E-state index is 13.0. The molecule has 3 aromatic rings. The number of methoxy groups -OCH3 is 2. The molecule has 1 atom stereocenters. The highest BCUT2D eigenvalue weighted by Gasteiger charge is 2.32. The Kier molecular flexibility index (Phi) is 5.38. The van der Waals surface area contributed by atoms with Gasteiger partial charge in [0, 0.05) is 18.2 Å². The van der Waals surface area contributed by atoms with Gasteiger partial charge in [-0.3, -0.25) is 0 Å². The van der Waals surface area contributed by atoms with E-state index in [9.17, 15) is 9.59 Å². The molecular weight excluding hydrogens is 388 g/mol. The molecule has 2 heterocycles. The fraction of sp³-hybridized carbons (Fsp3) is 0.227. The minimum Gasteiger partial charge on any atom is -0.497 e. The van der Waals surface area contributed by atoms with Gasteiger partial charge in [0.05, 0.1) is 26.5 Å². The van der Waals surface area contributed by atoms with E-state index < -0.39 is 18.0 Å². The molecular formula is C22H20N2O6. The molecule has 8 heteroatoms. The Labute approximate surface area is 172 Å². The molecule has 0 N–H and O–H groups in total. The van der Waals surface area contributed by atoms with Crippen LogP contribution in [0.3, 0.4) is 0 Å². The molecule has 154 valence electrons. The van der Waals surface area contributed by atoms with E-state index in [1.54, 1.807) is 36.2 Å². The predicted octanol–water partition coefficient (Wildman–Crippen LogP) is 3.03. The van der Waals surface area contributed by atoms with Crippen molar-refractivity contribution in [3.8, 4) is 28.4 Å². The van der Waals surface area contributed by atoms with Crippen LogP contribution < -0.4 is 9.47 Å². The second kappa shape index (κ2) is 8.28. The van der Waals surface area contributed by atoms with Crippen LogP contribution in [0.2, 0.25) is 0 Å². The van der Waals surface area contributed by atoms with Crippen molar-refractivity contribution in [2.75, 3.05) is 20.8 Å². The summed E-state index contributed by atoms with van der Waals surface area (Å²) in [4.78, 5) is 24.7. The van der Waals surface area contributed by atoms with E-state index in [0.717, 1.165) is 5.69 Å². The molecule has 0 saturated carbocycles. The van der Waals surface area contributed by atoms with Gasteiger partial charge in [0.25, 0.3) is 0 Å². The van der Waals surface area contributed by atoms with Gasteiger partial charge in [-0.05, 0) is 30.3 Å². The van der Waals surface area contributed by atoms with Gasteiger partial charge < -0.3 is 18.9 Å². The van der Waals surface area contributed by atoms with Crippen LogP contribution in [0.4, 0.5) is 0 Å². The highest BCUT2D eigenvalue weighted by molar-refractivity contribution is 5.98. The van der Waals surface area contributed by atoms with Crippen molar-refractivity contribution in [1.82, 2.24) is 9.78 Å². The van der Waals surface area contributed by atoms with Gasteiger partial charge in [-0.2, -0.15) is 5.10 Å². The zero-order chi connectivity index (χ0) is 21.1. The van der Waals surface area contributed by atoms with Crippen LogP contribution >= 0.6 is 0 Å². The predicted molar refractivity (Wildman–Crippen MR) is 107 cm³/mol. The number of hydrogen-bond donors (Lipinski definition) is 0. The molecule has 1 aliphatic rings. The number of carbonyl (C=O) groups is 2. The highest BCUT2D eigenvalue weighted by Crippen LogP contribution is 2.35. The Morgan fingerprint density at radius 1 is 1.13 bits per heavy atom. The second-order valence-corrected chi connectivity index (χ2v) is 6.59. The van der Waals surface area contributed by atoms with Crippen molar-refractivity contribution in [2.24, 2.45) is 0 Å². The number of hydrogen-bond acceptors (Lipinski definition) is 7. The van der Waals surface area contributed by atoms with Crippen LogP contribution in [0, 0.1) is 0 Å². The summed E-state index contributed by atoms with van der Waals surface area (Å²) in [5, 5.41) is 4.61. The number of para-hydroxylation sites is 1. The van der Waals surface area contributed by atoms with Crippen LogP contribution in [0.1, 0.15) is 16.8 Å². The van der Waals surface area contributed by atoms with Crippen LogP contribution in [-0.4, -0.2) is 48.6 Å². The van der Waals surface area contributed by atoms with E-state index >= 15 is 0 Å². The van der Waals surface area contributed by atoms with E-state index in [-0.39, 0.29) is 12.2 Å². The van der Waals surface area contributed by atoms with Crippen molar-refractivity contribution >= 4 is 11.9 Å². The first-order chi connectivity index (χ1) is 14.6. The Hall–Kier alpha value is -3.81. The van der Waals surface area contributed by atoms with Crippen molar-refractivity contribution in [2.45, 2.75) is 12.5 Å². The van der Waals surface area contributed by atoms with Crippen LogP contribution in [0.25, 0.3) is 16.9 Å². The fourth-order valence-corrected chi connectivity index (χ4v) is 3.21. The van der Waals surface area contributed by atoms with Crippen molar-refractivity contribution in [3.63, 3.8) is 0 Å². The van der Waals surface area contributed by atoms with Crippen LogP contribution in [-0.2, 0) is 14.3 Å². The average molecular weight is 408 g/mol. The van der Waals surface area contributed by atoms with Crippen LogP contribution in [0.5, 0.6) is 11.5 Å². The smallest absolute Gasteiger partial charge is 0.347 e. The summed E-state index contributed by atoms with van der Waals surface area (Å²) in [7, 11) is 3.08. The normalized spacial score (nSPS) is 15.5. The number of nitrogens with zero attached hydrogens (tertiary/aromatic N) is 2. The zero-order valence-electron chi connectivity index (χ0n) is 16.5. The molecule has 8 nitrogen and oxygen atoms in total. The number of aromatic nitrogens is 2. The number of esters is 2. The van der Waals surface area contributed by atoms with Gasteiger partial charge in [0.2, 0.25) is 6.10 Å². The van der Waals surface area contributed by atoms with Crippen molar-refractivity contribution in [3.05, 3.63) is 60.3 Å². The molecule has 0 aliphatic carbocycles. The maximum atomic E-state index is 13.0. The van der Waals surface area contributed by atoms with E-state index in [1.807, 2.05) is 30.3 Å². The summed E-state index contributed by atoms with van der Waals surface area (Å²) in [6, 6.07) is 14.6. The number of cyclic esters (lactones) is 1. The minimum atomic E-state index is -0.919. The summed E-state index contributed by atoms with van der Waals surface area (Å²) in [5.41, 5.74) is 1.88. The number of benzene rings is 2. The van der Waals surface area contributed by atoms with Gasteiger partial charge in [-0.1, -0.05) is 18.2 Å². The molecule has 1 aliphatic heterocycles. The van der Waals surface area contributed by atoms with Crippen molar-refractivity contribution in [1.29, 1.82) is 0 Å². The maximum Gasteiger partial charge on any atom is 0.347 e. The lowest BCUT2D eigenvalue weighted by Crippen LogP contribution is -2.22. The third kappa shape index (κ3) is 3.71. The Morgan fingerprint density at radius 2 is 1.93 bits per heavy atom. The van der Waals surface area contributed by atoms with Crippen molar-refractivity contribution < 1.29 is 28.5 Å². The molecule has 1 saturated heterocycles. The van der Waals surface area contributed by atoms with E-state index in [1.165, 1.54) is 7.11 Å². The topological polar surface area (TPSA) is 88.9 Å². The third-order valence-electron chi connectivity index (χ3n) is 4.75. The first-order valence-electron chi connectivity index (χ1n) is 9.36. The van der Waals surface area contributed by atoms with Gasteiger partial charge in [-0.25, -0.2) is 14.3 Å². The fourth-order valence-electron chi connectivity index (χ4n) is 3.21. The Balaban J connectivity index is 1.81. The molecule has 4 rings (SSSR count). The molecule has 0 unspecified atom stereocenters. The molecule has 2 aromatic carbocycles. The number of ether oxygens (including phenoxy) is 4. The molecule has 30 heavy (non-hydrogen) atoms. The lowest BCUT2D eigenvalue weighted by Gasteiger charge is -2.11. The van der Waals surface area contributed by atoms with E-state index in [0.29, 0.717) is 29.2 Å². The Morgan fingerprint density at radius 3 is 2.60 bits per heavy atom. The van der Waals surface area contributed by atoms with E-state index in [2.05, 4.69) is 5.10 Å². The lowest BCUT2D eigenvalue weighted by molar-refractivity contribution is -0.145. The van der Waals surface area contributed by atoms with Gasteiger partial charge in [-0.15, -0.1) is 0 Å². The van der Waals surface area contributed by atoms with Gasteiger partial charge >= 0.3 is 11.9 Å². The van der Waals surface area contributed by atoms with Gasteiger partial charge in [0.1, 0.15) is 22.8 Å². The number of carbonyl (C=O) groups excluding carboxylic acids is 2. The first kappa shape index (κ1) is 19.5. The third-order valence-corrected chi connectivity index (χ3v) is 4.75. The molecule has 0 amide bonds. The molecule has 1 fully saturated rings. The SMILES string of the molecule is COc1ccc(OC)c(-c2nn(-c3ccccc3)cc2C(=O)O[C@H]2CCOC2=O)c1. The summed E-state index contributed by atoms with van der Waals surface area (Å²) >= 11 is 0. The monoisotopic (exact) mass is 408 g/mol. The first-order valence-corrected chi connectivity index (χ1v) is 9.36. The molecule has 0 spiro atoms. The lowest BCUT2D eigenvalue weighted by atomic mass is 10.1. The second-order valence-electron chi connectivity index (χ2n) is 6.59. The largest absolute Gasteiger partial charge is 0.497 e. The molecule has 0 radical (unpaired) electrons.